The highest BCUT2D eigenvalue weighted by molar-refractivity contribution is 5.75. The van der Waals surface area contributed by atoms with Crippen molar-refractivity contribution in [1.29, 1.82) is 0 Å². The maximum atomic E-state index is 11.2. The number of likely N-dealkylation sites (N-methyl/N-ethyl adjacent to an activating group) is 1. The first-order valence-corrected chi connectivity index (χ1v) is 6.00. The van der Waals surface area contributed by atoms with Gasteiger partial charge in [0.1, 0.15) is 0 Å². The Labute approximate surface area is 97.5 Å². The van der Waals surface area contributed by atoms with Gasteiger partial charge in [0.05, 0.1) is 12.7 Å². The fourth-order valence-corrected chi connectivity index (χ4v) is 1.74. The molecule has 16 heavy (non-hydrogen) atoms. The van der Waals surface area contributed by atoms with Crippen LogP contribution in [0.3, 0.4) is 0 Å². The van der Waals surface area contributed by atoms with Crippen LogP contribution in [0.5, 0.6) is 0 Å². The minimum atomic E-state index is 0.108. The lowest BCUT2D eigenvalue weighted by Crippen LogP contribution is -2.45. The predicted molar refractivity (Wildman–Crippen MR) is 63.4 cm³/mol. The Bertz CT molecular complexity index is 211. The molecule has 1 aliphatic rings. The van der Waals surface area contributed by atoms with Gasteiger partial charge in [0, 0.05) is 39.1 Å². The van der Waals surface area contributed by atoms with Crippen molar-refractivity contribution in [2.24, 2.45) is 0 Å². The lowest BCUT2D eigenvalue weighted by molar-refractivity contribution is -0.120. The molecule has 0 aromatic rings. The molecule has 1 fully saturated rings. The lowest BCUT2D eigenvalue weighted by Gasteiger charge is -2.30. The Morgan fingerprint density at radius 3 is 3.06 bits per heavy atom. The van der Waals surface area contributed by atoms with Gasteiger partial charge in [-0.15, -0.1) is 0 Å². The summed E-state index contributed by atoms with van der Waals surface area (Å²) in [4.78, 5) is 13.4. The smallest absolute Gasteiger partial charge is 0.221 e. The third-order valence-corrected chi connectivity index (χ3v) is 2.62. The second-order valence-corrected chi connectivity index (χ2v) is 4.16. The molecule has 0 aliphatic carbocycles. The number of rotatable bonds is 6. The van der Waals surface area contributed by atoms with E-state index in [4.69, 9.17) is 4.74 Å². The fourth-order valence-electron chi connectivity index (χ4n) is 1.74. The molecular formula is C11H23N3O2. The molecule has 1 aliphatic heterocycles. The monoisotopic (exact) mass is 229 g/mol. The molecule has 0 aromatic carbocycles. The summed E-state index contributed by atoms with van der Waals surface area (Å²) in [5, 5.41) is 6.03. The summed E-state index contributed by atoms with van der Waals surface area (Å²) >= 11 is 0. The first-order valence-electron chi connectivity index (χ1n) is 6.00. The van der Waals surface area contributed by atoms with Crippen molar-refractivity contribution in [3.05, 3.63) is 0 Å². The highest BCUT2D eigenvalue weighted by Gasteiger charge is 2.16. The highest BCUT2D eigenvalue weighted by Crippen LogP contribution is 2.01. The van der Waals surface area contributed by atoms with Gasteiger partial charge in [-0.2, -0.15) is 0 Å². The maximum Gasteiger partial charge on any atom is 0.221 e. The van der Waals surface area contributed by atoms with Crippen LogP contribution in [0.1, 0.15) is 13.3 Å². The highest BCUT2D eigenvalue weighted by atomic mass is 16.5. The molecular weight excluding hydrogens is 206 g/mol. The van der Waals surface area contributed by atoms with Crippen LogP contribution >= 0.6 is 0 Å². The van der Waals surface area contributed by atoms with Gasteiger partial charge in [-0.1, -0.05) is 0 Å². The number of ether oxygens (including phenoxy) is 1. The van der Waals surface area contributed by atoms with Crippen LogP contribution in [-0.4, -0.2) is 63.3 Å². The first-order chi connectivity index (χ1) is 7.72. The van der Waals surface area contributed by atoms with Gasteiger partial charge in [0.25, 0.3) is 0 Å². The maximum absolute atomic E-state index is 11.2. The van der Waals surface area contributed by atoms with Crippen molar-refractivity contribution >= 4 is 5.91 Å². The number of nitrogens with zero attached hydrogens (tertiary/aromatic N) is 1. The van der Waals surface area contributed by atoms with Gasteiger partial charge in [0.2, 0.25) is 5.91 Å². The molecule has 1 atom stereocenters. The van der Waals surface area contributed by atoms with E-state index in [0.717, 1.165) is 32.8 Å². The van der Waals surface area contributed by atoms with Crippen molar-refractivity contribution in [3.63, 3.8) is 0 Å². The van der Waals surface area contributed by atoms with Crippen molar-refractivity contribution in [3.8, 4) is 0 Å². The Morgan fingerprint density at radius 1 is 1.56 bits per heavy atom. The van der Waals surface area contributed by atoms with Crippen molar-refractivity contribution < 1.29 is 9.53 Å². The van der Waals surface area contributed by atoms with Gasteiger partial charge < -0.3 is 20.3 Å². The van der Waals surface area contributed by atoms with Crippen LogP contribution in [0, 0.1) is 0 Å². The lowest BCUT2D eigenvalue weighted by atomic mass is 10.3. The Kier molecular flexibility index (Phi) is 6.37. The number of carbonyl (C=O) groups is 1. The van der Waals surface area contributed by atoms with E-state index < -0.39 is 0 Å². The fraction of sp³-hybridized carbons (Fsp3) is 0.909. The normalized spacial score (nSPS) is 22.0. The average molecular weight is 229 g/mol. The predicted octanol–water partition coefficient (Wildman–Crippen LogP) is -0.567. The minimum absolute atomic E-state index is 0.108. The molecule has 2 N–H and O–H groups in total. The Balaban J connectivity index is 2.00. The van der Waals surface area contributed by atoms with Crippen molar-refractivity contribution in [2.45, 2.75) is 19.4 Å². The number of amides is 1. The molecule has 5 heteroatoms. The Hall–Kier alpha value is -0.650. The van der Waals surface area contributed by atoms with Crippen LogP contribution in [0.25, 0.3) is 0 Å². The number of morpholine rings is 1. The second kappa shape index (κ2) is 7.60. The van der Waals surface area contributed by atoms with Crippen LogP contribution in [-0.2, 0) is 9.53 Å². The molecule has 1 amide bonds. The zero-order chi connectivity index (χ0) is 11.8. The molecule has 1 unspecified atom stereocenters. The van der Waals surface area contributed by atoms with E-state index in [-0.39, 0.29) is 12.0 Å². The Morgan fingerprint density at radius 2 is 2.38 bits per heavy atom. The summed E-state index contributed by atoms with van der Waals surface area (Å²) in [6.45, 7) is 6.95. The van der Waals surface area contributed by atoms with Crippen molar-refractivity contribution in [2.75, 3.05) is 46.4 Å². The standard InChI is InChI=1S/C11H23N3O2/c1-3-13-11(15)4-5-12-8-10-9-14(2)6-7-16-10/h10,12H,3-9H2,1-2H3,(H,13,15). The number of hydrogen-bond acceptors (Lipinski definition) is 4. The SMILES string of the molecule is CCNC(=O)CCNCC1CN(C)CCO1. The molecule has 0 spiro atoms. The van der Waals surface area contributed by atoms with Gasteiger partial charge in [-0.3, -0.25) is 4.79 Å². The summed E-state index contributed by atoms with van der Waals surface area (Å²) < 4.78 is 5.60. The van der Waals surface area contributed by atoms with Gasteiger partial charge >= 0.3 is 0 Å². The molecule has 0 bridgehead atoms. The summed E-state index contributed by atoms with van der Waals surface area (Å²) in [6, 6.07) is 0. The third-order valence-electron chi connectivity index (χ3n) is 2.62. The molecule has 0 aromatic heterocycles. The molecule has 1 saturated heterocycles. The quantitative estimate of drug-likeness (QED) is 0.599. The van der Waals surface area contributed by atoms with Crippen LogP contribution in [0.4, 0.5) is 0 Å². The van der Waals surface area contributed by atoms with E-state index in [2.05, 4.69) is 22.6 Å². The molecule has 94 valence electrons. The van der Waals surface area contributed by atoms with E-state index >= 15 is 0 Å². The molecule has 1 heterocycles. The van der Waals surface area contributed by atoms with Crippen LogP contribution in [0.2, 0.25) is 0 Å². The van der Waals surface area contributed by atoms with Gasteiger partial charge in [-0.05, 0) is 14.0 Å². The van der Waals surface area contributed by atoms with Gasteiger partial charge in [-0.25, -0.2) is 0 Å². The van der Waals surface area contributed by atoms with E-state index in [1.165, 1.54) is 0 Å². The van der Waals surface area contributed by atoms with E-state index in [1.54, 1.807) is 0 Å². The number of nitrogens with one attached hydrogen (secondary N) is 2. The van der Waals surface area contributed by atoms with Gasteiger partial charge in [0.15, 0.2) is 0 Å². The summed E-state index contributed by atoms with van der Waals surface area (Å²) in [5.74, 6) is 0.108. The number of hydrogen-bond donors (Lipinski definition) is 2. The zero-order valence-corrected chi connectivity index (χ0v) is 10.3. The molecule has 0 radical (unpaired) electrons. The molecule has 5 nitrogen and oxygen atoms in total. The van der Waals surface area contributed by atoms with Crippen LogP contribution in [0.15, 0.2) is 0 Å². The first kappa shape index (κ1) is 13.4. The van der Waals surface area contributed by atoms with Crippen molar-refractivity contribution in [1.82, 2.24) is 15.5 Å². The third kappa shape index (κ3) is 5.44. The topological polar surface area (TPSA) is 53.6 Å². The van der Waals surface area contributed by atoms with E-state index in [1.807, 2.05) is 6.92 Å². The van der Waals surface area contributed by atoms with E-state index in [9.17, 15) is 4.79 Å². The largest absolute Gasteiger partial charge is 0.374 e. The zero-order valence-electron chi connectivity index (χ0n) is 10.3. The second-order valence-electron chi connectivity index (χ2n) is 4.16. The summed E-state index contributed by atoms with van der Waals surface area (Å²) in [7, 11) is 2.10. The van der Waals surface area contributed by atoms with Crippen LogP contribution < -0.4 is 10.6 Å². The van der Waals surface area contributed by atoms with E-state index in [0.29, 0.717) is 13.0 Å². The molecule has 0 saturated carbocycles. The molecule has 1 rings (SSSR count). The minimum Gasteiger partial charge on any atom is -0.374 e. The number of carbonyl (C=O) groups excluding carboxylic acids is 1. The summed E-state index contributed by atoms with van der Waals surface area (Å²) in [6.07, 6.45) is 0.795. The average Bonchev–Trinajstić information content (AvgIpc) is 2.25. The summed E-state index contributed by atoms with van der Waals surface area (Å²) in [5.41, 5.74) is 0.